The third-order valence-electron chi connectivity index (χ3n) is 4.28. The molecular formula is C15H27N3O. The highest BCUT2D eigenvalue weighted by Gasteiger charge is 2.33. The number of hydrogen-bond donors (Lipinski definition) is 1. The maximum Gasteiger partial charge on any atom is 0.103 e. The van der Waals surface area contributed by atoms with Gasteiger partial charge in [0.1, 0.15) is 5.54 Å². The van der Waals surface area contributed by atoms with Gasteiger partial charge in [0.05, 0.1) is 18.3 Å². The third kappa shape index (κ3) is 4.17. The van der Waals surface area contributed by atoms with Crippen LogP contribution in [0.5, 0.6) is 0 Å². The lowest BCUT2D eigenvalue weighted by Gasteiger charge is -2.32. The van der Waals surface area contributed by atoms with Crippen molar-refractivity contribution in [1.29, 1.82) is 5.26 Å². The molecule has 2 aliphatic rings. The molecule has 4 heteroatoms. The third-order valence-corrected chi connectivity index (χ3v) is 4.28. The number of ether oxygens (including phenoxy) is 1. The van der Waals surface area contributed by atoms with E-state index >= 15 is 0 Å². The van der Waals surface area contributed by atoms with Crippen molar-refractivity contribution in [3.63, 3.8) is 0 Å². The van der Waals surface area contributed by atoms with Crippen molar-refractivity contribution in [3.8, 4) is 6.07 Å². The molecule has 0 aromatic rings. The van der Waals surface area contributed by atoms with E-state index in [2.05, 4.69) is 23.2 Å². The molecule has 1 N–H and O–H groups in total. The van der Waals surface area contributed by atoms with Gasteiger partial charge in [-0.15, -0.1) is 0 Å². The van der Waals surface area contributed by atoms with E-state index in [1.54, 1.807) is 0 Å². The summed E-state index contributed by atoms with van der Waals surface area (Å²) in [5.74, 6) is 0. The first-order valence-electron chi connectivity index (χ1n) is 7.69. The van der Waals surface area contributed by atoms with Crippen LogP contribution in [0.2, 0.25) is 0 Å². The van der Waals surface area contributed by atoms with Gasteiger partial charge in [0.15, 0.2) is 0 Å². The van der Waals surface area contributed by atoms with Crippen molar-refractivity contribution in [1.82, 2.24) is 10.2 Å². The molecule has 0 aromatic carbocycles. The Kier molecular flexibility index (Phi) is 5.20. The summed E-state index contributed by atoms with van der Waals surface area (Å²) in [6, 6.07) is 2.43. The molecule has 0 spiro atoms. The molecule has 108 valence electrons. The van der Waals surface area contributed by atoms with Gasteiger partial charge in [-0.3, -0.25) is 10.2 Å². The largest absolute Gasteiger partial charge is 0.372 e. The molecule has 19 heavy (non-hydrogen) atoms. The minimum atomic E-state index is -0.360. The number of hydrogen-bond acceptors (Lipinski definition) is 4. The average Bonchev–Trinajstić information content (AvgIpc) is 2.76. The Labute approximate surface area is 117 Å². The fourth-order valence-electron chi connectivity index (χ4n) is 3.12. The molecule has 2 saturated heterocycles. The Hall–Kier alpha value is -0.630. The highest BCUT2D eigenvalue weighted by molar-refractivity contribution is 5.03. The Bertz CT molecular complexity index is 316. The molecule has 0 saturated carbocycles. The number of morpholine rings is 1. The summed E-state index contributed by atoms with van der Waals surface area (Å²) in [5, 5.41) is 12.7. The van der Waals surface area contributed by atoms with E-state index in [0.717, 1.165) is 45.4 Å². The first-order valence-corrected chi connectivity index (χ1v) is 7.69. The molecule has 2 rings (SSSR count). The summed E-state index contributed by atoms with van der Waals surface area (Å²) in [6.45, 7) is 8.34. The van der Waals surface area contributed by atoms with Crippen LogP contribution < -0.4 is 5.32 Å². The first-order chi connectivity index (χ1) is 9.15. The van der Waals surface area contributed by atoms with Crippen molar-refractivity contribution in [3.05, 3.63) is 0 Å². The Balaban J connectivity index is 1.69. The lowest BCUT2D eigenvalue weighted by atomic mass is 9.97. The predicted molar refractivity (Wildman–Crippen MR) is 75.9 cm³/mol. The predicted octanol–water partition coefficient (Wildman–Crippen LogP) is 1.91. The van der Waals surface area contributed by atoms with Crippen LogP contribution in [0.25, 0.3) is 0 Å². The number of fused-ring (bicyclic) bond motifs is 2. The normalized spacial score (nSPS) is 29.9. The van der Waals surface area contributed by atoms with Crippen molar-refractivity contribution < 1.29 is 4.74 Å². The van der Waals surface area contributed by atoms with Gasteiger partial charge in [0, 0.05) is 13.1 Å². The minimum Gasteiger partial charge on any atom is -0.372 e. The average molecular weight is 265 g/mol. The van der Waals surface area contributed by atoms with Crippen LogP contribution in [0.1, 0.15) is 46.0 Å². The lowest BCUT2D eigenvalue weighted by Crippen LogP contribution is -2.45. The fourth-order valence-corrected chi connectivity index (χ4v) is 3.12. The number of rotatable bonds is 7. The molecule has 3 atom stereocenters. The highest BCUT2D eigenvalue weighted by atomic mass is 16.5. The zero-order chi connectivity index (χ0) is 13.7. The van der Waals surface area contributed by atoms with E-state index in [0.29, 0.717) is 12.2 Å². The molecular weight excluding hydrogens is 238 g/mol. The van der Waals surface area contributed by atoms with Gasteiger partial charge in [-0.2, -0.15) is 5.26 Å². The molecule has 2 aliphatic heterocycles. The zero-order valence-electron chi connectivity index (χ0n) is 12.3. The summed E-state index contributed by atoms with van der Waals surface area (Å²) >= 11 is 0. The van der Waals surface area contributed by atoms with Crippen molar-refractivity contribution >= 4 is 0 Å². The molecule has 4 nitrogen and oxygen atoms in total. The monoisotopic (exact) mass is 265 g/mol. The number of nitrogens with one attached hydrogen (secondary N) is 1. The summed E-state index contributed by atoms with van der Waals surface area (Å²) in [6.07, 6.45) is 6.49. The molecule has 0 aromatic heterocycles. The zero-order valence-corrected chi connectivity index (χ0v) is 12.3. The lowest BCUT2D eigenvalue weighted by molar-refractivity contribution is -0.0387. The van der Waals surface area contributed by atoms with Crippen molar-refractivity contribution in [2.75, 3.05) is 26.2 Å². The Morgan fingerprint density at radius 1 is 1.37 bits per heavy atom. The van der Waals surface area contributed by atoms with Crippen LogP contribution in [-0.4, -0.2) is 48.8 Å². The number of likely N-dealkylation sites (tertiary alicyclic amines) is 1. The van der Waals surface area contributed by atoms with Gasteiger partial charge < -0.3 is 4.74 Å². The molecule has 2 heterocycles. The molecule has 0 aliphatic carbocycles. The van der Waals surface area contributed by atoms with Gasteiger partial charge in [-0.1, -0.05) is 6.92 Å². The van der Waals surface area contributed by atoms with Gasteiger partial charge in [-0.05, 0) is 52.1 Å². The molecule has 0 radical (unpaired) electrons. The highest BCUT2D eigenvalue weighted by Crippen LogP contribution is 2.26. The van der Waals surface area contributed by atoms with E-state index in [4.69, 9.17) is 4.74 Å². The molecule has 0 amide bonds. The molecule has 3 unspecified atom stereocenters. The second kappa shape index (κ2) is 6.69. The summed E-state index contributed by atoms with van der Waals surface area (Å²) in [5.41, 5.74) is -0.360. The van der Waals surface area contributed by atoms with Gasteiger partial charge in [-0.25, -0.2) is 0 Å². The quantitative estimate of drug-likeness (QED) is 0.764. The summed E-state index contributed by atoms with van der Waals surface area (Å²) in [7, 11) is 0. The van der Waals surface area contributed by atoms with Crippen LogP contribution in [-0.2, 0) is 4.74 Å². The van der Waals surface area contributed by atoms with Crippen LogP contribution in [0.15, 0.2) is 0 Å². The second-order valence-electron chi connectivity index (χ2n) is 6.19. The van der Waals surface area contributed by atoms with Crippen LogP contribution in [0.3, 0.4) is 0 Å². The number of nitrogens with zero attached hydrogens (tertiary/aromatic N) is 2. The molecule has 2 fully saturated rings. The second-order valence-corrected chi connectivity index (χ2v) is 6.19. The van der Waals surface area contributed by atoms with Crippen LogP contribution in [0, 0.1) is 11.3 Å². The van der Waals surface area contributed by atoms with Crippen molar-refractivity contribution in [2.45, 2.75) is 63.7 Å². The standard InChI is InChI=1S/C15H27N3O/c1-3-8-17-15(2,12-16)7-4-9-18-10-13-5-6-14(11-18)19-13/h13-14,17H,3-11H2,1-2H3. The van der Waals surface area contributed by atoms with Gasteiger partial charge >= 0.3 is 0 Å². The SMILES string of the molecule is CCCNC(C)(C#N)CCCN1CC2CCC(C1)O2. The van der Waals surface area contributed by atoms with E-state index in [1.807, 2.05) is 6.92 Å². The summed E-state index contributed by atoms with van der Waals surface area (Å²) < 4.78 is 5.84. The van der Waals surface area contributed by atoms with E-state index < -0.39 is 0 Å². The minimum absolute atomic E-state index is 0.360. The maximum atomic E-state index is 9.30. The van der Waals surface area contributed by atoms with E-state index in [-0.39, 0.29) is 5.54 Å². The first kappa shape index (κ1) is 14.8. The Morgan fingerprint density at radius 3 is 2.63 bits per heavy atom. The topological polar surface area (TPSA) is 48.3 Å². The van der Waals surface area contributed by atoms with E-state index in [9.17, 15) is 5.26 Å². The van der Waals surface area contributed by atoms with Crippen LogP contribution >= 0.6 is 0 Å². The van der Waals surface area contributed by atoms with E-state index in [1.165, 1.54) is 12.8 Å². The fraction of sp³-hybridized carbons (Fsp3) is 0.933. The van der Waals surface area contributed by atoms with Gasteiger partial charge in [0.25, 0.3) is 0 Å². The van der Waals surface area contributed by atoms with Gasteiger partial charge in [0.2, 0.25) is 0 Å². The maximum absolute atomic E-state index is 9.30. The smallest absolute Gasteiger partial charge is 0.103 e. The summed E-state index contributed by atoms with van der Waals surface area (Å²) in [4.78, 5) is 2.52. The number of nitriles is 1. The van der Waals surface area contributed by atoms with Crippen molar-refractivity contribution in [2.24, 2.45) is 0 Å². The van der Waals surface area contributed by atoms with Crippen LogP contribution in [0.4, 0.5) is 0 Å². The Morgan fingerprint density at radius 2 is 2.05 bits per heavy atom. The molecule has 2 bridgehead atoms.